The molecule has 0 aliphatic carbocycles. The lowest BCUT2D eigenvalue weighted by atomic mass is 10.1. The first-order valence-corrected chi connectivity index (χ1v) is 12.0. The third-order valence-electron chi connectivity index (χ3n) is 6.04. The van der Waals surface area contributed by atoms with Gasteiger partial charge in [-0.3, -0.25) is 4.79 Å². The van der Waals surface area contributed by atoms with E-state index in [1.165, 1.54) is 5.56 Å². The van der Waals surface area contributed by atoms with Gasteiger partial charge in [0.15, 0.2) is 5.65 Å². The van der Waals surface area contributed by atoms with Crippen molar-refractivity contribution < 1.29 is 4.79 Å². The van der Waals surface area contributed by atoms with Gasteiger partial charge < -0.3 is 15.5 Å². The molecular formula is C28H28N6O. The smallest absolute Gasteiger partial charge is 0.274 e. The molecule has 4 aromatic rings. The number of hydrogen-bond acceptors (Lipinski definition) is 5. The van der Waals surface area contributed by atoms with Gasteiger partial charge in [-0.05, 0) is 48.7 Å². The number of nitrogens with one attached hydrogen (secondary N) is 2. The number of carbonyl (C=O) groups excluding carboxylic acids is 1. The number of fused-ring (bicyclic) bond motifs is 1. The summed E-state index contributed by atoms with van der Waals surface area (Å²) in [5, 5.41) is 10.6. The van der Waals surface area contributed by atoms with Gasteiger partial charge in [-0.25, -0.2) is 9.50 Å². The van der Waals surface area contributed by atoms with E-state index in [1.54, 1.807) is 23.0 Å². The van der Waals surface area contributed by atoms with Crippen LogP contribution in [0.4, 0.5) is 11.4 Å². The third kappa shape index (κ3) is 5.68. The molecule has 2 aromatic heterocycles. The average molecular weight is 465 g/mol. The van der Waals surface area contributed by atoms with Crippen LogP contribution in [0.1, 0.15) is 34.5 Å². The lowest BCUT2D eigenvalue weighted by Crippen LogP contribution is -2.43. The fourth-order valence-corrected chi connectivity index (χ4v) is 4.14. The van der Waals surface area contributed by atoms with Crippen LogP contribution < -0.4 is 15.5 Å². The predicted octanol–water partition coefficient (Wildman–Crippen LogP) is 3.77. The minimum Gasteiger partial charge on any atom is -0.369 e. The van der Waals surface area contributed by atoms with Crippen LogP contribution in [0.3, 0.4) is 0 Å². The summed E-state index contributed by atoms with van der Waals surface area (Å²) in [5.41, 5.74) is 4.86. The van der Waals surface area contributed by atoms with Crippen molar-refractivity contribution in [1.29, 1.82) is 0 Å². The lowest BCUT2D eigenvalue weighted by molar-refractivity contribution is 0.102. The Balaban J connectivity index is 1.22. The highest BCUT2D eigenvalue weighted by atomic mass is 16.1. The molecule has 5 rings (SSSR count). The molecule has 0 unspecified atom stereocenters. The van der Waals surface area contributed by atoms with Gasteiger partial charge in [0, 0.05) is 50.2 Å². The maximum atomic E-state index is 12.9. The van der Waals surface area contributed by atoms with Crippen LogP contribution in [-0.4, -0.2) is 46.7 Å². The predicted molar refractivity (Wildman–Crippen MR) is 139 cm³/mol. The number of anilines is 2. The molecule has 0 spiro atoms. The van der Waals surface area contributed by atoms with Crippen molar-refractivity contribution in [2.75, 3.05) is 36.4 Å². The van der Waals surface area contributed by atoms with Crippen molar-refractivity contribution in [2.24, 2.45) is 0 Å². The quantitative estimate of drug-likeness (QED) is 0.336. The topological polar surface area (TPSA) is 74.6 Å². The summed E-state index contributed by atoms with van der Waals surface area (Å²) in [4.78, 5) is 19.7. The summed E-state index contributed by atoms with van der Waals surface area (Å²) in [7, 11) is 0. The van der Waals surface area contributed by atoms with Crippen molar-refractivity contribution in [2.45, 2.75) is 19.3 Å². The molecule has 7 heteroatoms. The van der Waals surface area contributed by atoms with Crippen LogP contribution in [0.5, 0.6) is 0 Å². The van der Waals surface area contributed by atoms with Gasteiger partial charge in [-0.1, -0.05) is 42.2 Å². The van der Waals surface area contributed by atoms with E-state index in [0.717, 1.165) is 62.4 Å². The van der Waals surface area contributed by atoms with Crippen molar-refractivity contribution >= 4 is 22.9 Å². The first-order valence-electron chi connectivity index (χ1n) is 12.0. The zero-order chi connectivity index (χ0) is 23.9. The van der Waals surface area contributed by atoms with Crippen LogP contribution in [0.25, 0.3) is 5.65 Å². The number of hydrogen-bond donors (Lipinski definition) is 2. The molecule has 7 nitrogen and oxygen atoms in total. The molecule has 35 heavy (non-hydrogen) atoms. The Morgan fingerprint density at radius 2 is 1.83 bits per heavy atom. The van der Waals surface area contributed by atoms with E-state index < -0.39 is 0 Å². The maximum absolute atomic E-state index is 12.9. The van der Waals surface area contributed by atoms with E-state index in [4.69, 9.17) is 0 Å². The van der Waals surface area contributed by atoms with Gasteiger partial charge in [0.25, 0.3) is 5.91 Å². The highest BCUT2D eigenvalue weighted by Gasteiger charge is 2.13. The molecule has 1 aliphatic rings. The molecule has 176 valence electrons. The molecule has 1 amide bonds. The number of benzene rings is 2. The second-order valence-corrected chi connectivity index (χ2v) is 8.52. The molecule has 3 heterocycles. The van der Waals surface area contributed by atoms with Gasteiger partial charge in [0.1, 0.15) is 5.69 Å². The molecular weight excluding hydrogens is 436 g/mol. The SMILES string of the molecule is O=C(Nc1ccc(N2CCNCC2)cc1)c1ccn2ncc(C#CCCCc3ccccc3)c2n1. The van der Waals surface area contributed by atoms with Crippen molar-refractivity contribution in [3.05, 3.63) is 89.9 Å². The number of piperazine rings is 1. The average Bonchev–Trinajstić information content (AvgIpc) is 3.32. The van der Waals surface area contributed by atoms with E-state index in [1.807, 2.05) is 30.3 Å². The summed E-state index contributed by atoms with van der Waals surface area (Å²) < 4.78 is 1.65. The zero-order valence-electron chi connectivity index (χ0n) is 19.6. The van der Waals surface area contributed by atoms with E-state index in [0.29, 0.717) is 11.3 Å². The minimum atomic E-state index is -0.259. The first kappa shape index (κ1) is 22.6. The van der Waals surface area contributed by atoms with Gasteiger partial charge in [0.2, 0.25) is 0 Å². The summed E-state index contributed by atoms with van der Waals surface area (Å²) in [6, 6.07) is 20.0. The van der Waals surface area contributed by atoms with E-state index in [9.17, 15) is 4.79 Å². The Kier molecular flexibility index (Phi) is 7.02. The second kappa shape index (κ2) is 10.9. The number of unbranched alkanes of at least 4 members (excludes halogenated alkanes) is 1. The molecule has 1 saturated heterocycles. The number of nitrogens with zero attached hydrogens (tertiary/aromatic N) is 4. The van der Waals surface area contributed by atoms with Crippen molar-refractivity contribution in [3.8, 4) is 11.8 Å². The third-order valence-corrected chi connectivity index (χ3v) is 6.04. The summed E-state index contributed by atoms with van der Waals surface area (Å²) >= 11 is 0. The molecule has 2 N–H and O–H groups in total. The van der Waals surface area contributed by atoms with Crippen molar-refractivity contribution in [3.63, 3.8) is 0 Å². The zero-order valence-corrected chi connectivity index (χ0v) is 19.6. The van der Waals surface area contributed by atoms with Gasteiger partial charge in [0.05, 0.1) is 11.8 Å². The van der Waals surface area contributed by atoms with Crippen LogP contribution in [0.15, 0.2) is 73.1 Å². The molecule has 1 aliphatic heterocycles. The van der Waals surface area contributed by atoms with Gasteiger partial charge in [-0.2, -0.15) is 5.10 Å². The fourth-order valence-electron chi connectivity index (χ4n) is 4.14. The Hall–Kier alpha value is -4.15. The van der Waals surface area contributed by atoms with E-state index in [2.05, 4.69) is 61.7 Å². The van der Waals surface area contributed by atoms with Crippen LogP contribution >= 0.6 is 0 Å². The van der Waals surface area contributed by atoms with Crippen LogP contribution in [-0.2, 0) is 6.42 Å². The Morgan fingerprint density at radius 1 is 1.03 bits per heavy atom. The van der Waals surface area contributed by atoms with Crippen LogP contribution in [0.2, 0.25) is 0 Å². The molecule has 0 radical (unpaired) electrons. The molecule has 0 saturated carbocycles. The van der Waals surface area contributed by atoms with Crippen LogP contribution in [0, 0.1) is 11.8 Å². The first-order chi connectivity index (χ1) is 17.3. The summed E-state index contributed by atoms with van der Waals surface area (Å²) in [5.74, 6) is 6.13. The van der Waals surface area contributed by atoms with Gasteiger partial charge >= 0.3 is 0 Å². The maximum Gasteiger partial charge on any atom is 0.274 e. The normalized spacial score (nSPS) is 13.3. The Morgan fingerprint density at radius 3 is 2.63 bits per heavy atom. The number of aryl methyl sites for hydroxylation is 1. The second-order valence-electron chi connectivity index (χ2n) is 8.52. The lowest BCUT2D eigenvalue weighted by Gasteiger charge is -2.29. The van der Waals surface area contributed by atoms with Gasteiger partial charge in [-0.15, -0.1) is 0 Å². The number of aromatic nitrogens is 3. The standard InChI is InChI=1S/C28H28N6O/c35-28(31-24-11-13-25(14-12-24)33-19-16-29-17-20-33)26-15-18-34-27(32-26)23(21-30-34)10-6-2-5-9-22-7-3-1-4-8-22/h1,3-4,7-8,11-15,18,21,29H,2,5,9,16-17,19-20H2,(H,31,35). The molecule has 2 aromatic carbocycles. The molecule has 1 fully saturated rings. The largest absolute Gasteiger partial charge is 0.369 e. The summed E-state index contributed by atoms with van der Waals surface area (Å²) in [6.07, 6.45) is 6.22. The molecule has 0 bridgehead atoms. The Bertz CT molecular complexity index is 1350. The Labute approximate surface area is 205 Å². The number of carbonyl (C=O) groups is 1. The minimum absolute atomic E-state index is 0.259. The van der Waals surface area contributed by atoms with E-state index in [-0.39, 0.29) is 5.91 Å². The highest BCUT2D eigenvalue weighted by molar-refractivity contribution is 6.03. The van der Waals surface area contributed by atoms with Crippen molar-refractivity contribution in [1.82, 2.24) is 19.9 Å². The molecule has 0 atom stereocenters. The fraction of sp³-hybridized carbons (Fsp3) is 0.250. The van der Waals surface area contributed by atoms with E-state index >= 15 is 0 Å². The highest BCUT2D eigenvalue weighted by Crippen LogP contribution is 2.19. The number of rotatable bonds is 6. The summed E-state index contributed by atoms with van der Waals surface area (Å²) in [6.45, 7) is 3.95. The number of amides is 1. The monoisotopic (exact) mass is 464 g/mol.